The predicted octanol–water partition coefficient (Wildman–Crippen LogP) is 3.60. The Kier molecular flexibility index (Phi) is 3.86. The van der Waals surface area contributed by atoms with Crippen molar-refractivity contribution in [2.24, 2.45) is 5.92 Å². The summed E-state index contributed by atoms with van der Waals surface area (Å²) >= 11 is 5.87. The molecule has 0 atom stereocenters. The normalized spacial score (nSPS) is 24.1. The van der Waals surface area contributed by atoms with Crippen LogP contribution in [0.5, 0.6) is 0 Å². The third-order valence-corrected chi connectivity index (χ3v) is 3.48. The summed E-state index contributed by atoms with van der Waals surface area (Å²) in [5.74, 6) is 1.55. The molecule has 1 saturated carbocycles. The van der Waals surface area contributed by atoms with Crippen molar-refractivity contribution >= 4 is 17.4 Å². The van der Waals surface area contributed by atoms with Gasteiger partial charge in [0.25, 0.3) is 0 Å². The molecule has 0 unspecified atom stereocenters. The summed E-state index contributed by atoms with van der Waals surface area (Å²) < 4.78 is 0. The highest BCUT2D eigenvalue weighted by Crippen LogP contribution is 2.26. The van der Waals surface area contributed by atoms with Crippen molar-refractivity contribution in [1.82, 2.24) is 4.98 Å². The zero-order valence-electron chi connectivity index (χ0n) is 9.91. The minimum Gasteiger partial charge on any atom is -0.367 e. The lowest BCUT2D eigenvalue weighted by molar-refractivity contribution is 0.361. The molecule has 1 aliphatic rings. The van der Waals surface area contributed by atoms with Crippen LogP contribution in [0.15, 0.2) is 12.1 Å². The number of aromatic nitrogens is 1. The number of rotatable bonds is 2. The second-order valence-electron chi connectivity index (χ2n) is 4.78. The average Bonchev–Trinajstić information content (AvgIpc) is 2.31. The molecular formula is C13H16ClN3. The molecule has 2 rings (SSSR count). The smallest absolute Gasteiger partial charge is 0.132 e. The van der Waals surface area contributed by atoms with Crippen molar-refractivity contribution in [2.45, 2.75) is 38.6 Å². The van der Waals surface area contributed by atoms with E-state index < -0.39 is 0 Å². The van der Waals surface area contributed by atoms with Crippen molar-refractivity contribution in [2.75, 3.05) is 5.32 Å². The summed E-state index contributed by atoms with van der Waals surface area (Å²) in [5, 5.41) is 12.6. The minimum absolute atomic E-state index is 0.371. The minimum atomic E-state index is 0.371. The van der Waals surface area contributed by atoms with Crippen molar-refractivity contribution in [3.8, 4) is 6.07 Å². The Morgan fingerprint density at radius 1 is 1.35 bits per heavy atom. The SMILES string of the molecule is CC1CCC(Nc2cc(C#N)cc(Cl)n2)CC1. The molecule has 4 heteroatoms. The molecule has 1 heterocycles. The Hall–Kier alpha value is -1.27. The Morgan fingerprint density at radius 3 is 2.71 bits per heavy atom. The number of anilines is 1. The topological polar surface area (TPSA) is 48.7 Å². The summed E-state index contributed by atoms with van der Waals surface area (Å²) in [5.41, 5.74) is 0.552. The molecule has 0 aromatic carbocycles. The van der Waals surface area contributed by atoms with Gasteiger partial charge in [0.2, 0.25) is 0 Å². The van der Waals surface area contributed by atoms with Gasteiger partial charge in [-0.1, -0.05) is 18.5 Å². The van der Waals surface area contributed by atoms with Crippen LogP contribution in [0.2, 0.25) is 5.15 Å². The molecule has 90 valence electrons. The standard InChI is InChI=1S/C13H16ClN3/c1-9-2-4-11(5-3-9)16-13-7-10(8-15)6-12(14)17-13/h6-7,9,11H,2-5H2,1H3,(H,16,17). The maximum Gasteiger partial charge on any atom is 0.132 e. The molecule has 0 bridgehead atoms. The molecule has 1 fully saturated rings. The number of nitrogens with one attached hydrogen (secondary N) is 1. The molecule has 0 spiro atoms. The second-order valence-corrected chi connectivity index (χ2v) is 5.16. The zero-order valence-corrected chi connectivity index (χ0v) is 10.7. The van der Waals surface area contributed by atoms with E-state index in [1.165, 1.54) is 12.8 Å². The van der Waals surface area contributed by atoms with Gasteiger partial charge in [0.1, 0.15) is 11.0 Å². The van der Waals surface area contributed by atoms with Gasteiger partial charge in [-0.3, -0.25) is 0 Å². The molecule has 1 aromatic rings. The van der Waals surface area contributed by atoms with E-state index in [-0.39, 0.29) is 0 Å². The van der Waals surface area contributed by atoms with E-state index in [0.29, 0.717) is 22.6 Å². The summed E-state index contributed by atoms with van der Waals surface area (Å²) in [6.45, 7) is 2.29. The van der Waals surface area contributed by atoms with Crippen LogP contribution in [0.3, 0.4) is 0 Å². The first-order valence-corrected chi connectivity index (χ1v) is 6.39. The Balaban J connectivity index is 2.03. The number of halogens is 1. The molecule has 1 aromatic heterocycles. The van der Waals surface area contributed by atoms with E-state index in [9.17, 15) is 0 Å². The van der Waals surface area contributed by atoms with Gasteiger partial charge >= 0.3 is 0 Å². The molecule has 1 aliphatic carbocycles. The number of nitriles is 1. The summed E-state index contributed by atoms with van der Waals surface area (Å²) in [7, 11) is 0. The van der Waals surface area contributed by atoms with Gasteiger partial charge < -0.3 is 5.32 Å². The predicted molar refractivity (Wildman–Crippen MR) is 69.0 cm³/mol. The van der Waals surface area contributed by atoms with Gasteiger partial charge in [-0.15, -0.1) is 0 Å². The molecule has 0 radical (unpaired) electrons. The van der Waals surface area contributed by atoms with Crippen LogP contribution >= 0.6 is 11.6 Å². The van der Waals surface area contributed by atoms with Crippen molar-refractivity contribution < 1.29 is 0 Å². The van der Waals surface area contributed by atoms with E-state index in [1.54, 1.807) is 12.1 Å². The Labute approximate surface area is 107 Å². The fraction of sp³-hybridized carbons (Fsp3) is 0.538. The van der Waals surface area contributed by atoms with Gasteiger partial charge in [-0.05, 0) is 43.7 Å². The quantitative estimate of drug-likeness (QED) is 0.815. The number of pyridine rings is 1. The van der Waals surface area contributed by atoms with Crippen LogP contribution in [0.1, 0.15) is 38.2 Å². The molecule has 17 heavy (non-hydrogen) atoms. The lowest BCUT2D eigenvalue weighted by Gasteiger charge is -2.27. The van der Waals surface area contributed by atoms with Gasteiger partial charge in [0.15, 0.2) is 0 Å². The van der Waals surface area contributed by atoms with Crippen LogP contribution in [0, 0.1) is 17.2 Å². The summed E-state index contributed by atoms with van der Waals surface area (Å²) in [4.78, 5) is 4.20. The maximum absolute atomic E-state index is 8.86. The highest BCUT2D eigenvalue weighted by Gasteiger charge is 2.18. The second kappa shape index (κ2) is 5.37. The van der Waals surface area contributed by atoms with Gasteiger partial charge in [0.05, 0.1) is 11.6 Å². The molecule has 0 saturated heterocycles. The first kappa shape index (κ1) is 12.2. The van der Waals surface area contributed by atoms with Crippen LogP contribution in [-0.2, 0) is 0 Å². The third-order valence-electron chi connectivity index (χ3n) is 3.29. The Morgan fingerprint density at radius 2 is 2.06 bits per heavy atom. The maximum atomic E-state index is 8.86. The fourth-order valence-electron chi connectivity index (χ4n) is 2.25. The lowest BCUT2D eigenvalue weighted by atomic mass is 9.87. The molecule has 0 aliphatic heterocycles. The highest BCUT2D eigenvalue weighted by atomic mass is 35.5. The molecule has 0 amide bonds. The third kappa shape index (κ3) is 3.34. The Bertz CT molecular complexity index is 431. The van der Waals surface area contributed by atoms with E-state index >= 15 is 0 Å². The van der Waals surface area contributed by atoms with Gasteiger partial charge in [-0.2, -0.15) is 5.26 Å². The summed E-state index contributed by atoms with van der Waals surface area (Å²) in [6, 6.07) is 5.88. The molecule has 3 nitrogen and oxygen atoms in total. The average molecular weight is 250 g/mol. The number of hydrogen-bond acceptors (Lipinski definition) is 3. The van der Waals surface area contributed by atoms with Crippen LogP contribution in [-0.4, -0.2) is 11.0 Å². The fourth-order valence-corrected chi connectivity index (χ4v) is 2.46. The van der Waals surface area contributed by atoms with Crippen LogP contribution in [0.25, 0.3) is 0 Å². The molecule has 1 N–H and O–H groups in total. The first-order chi connectivity index (χ1) is 8.17. The summed E-state index contributed by atoms with van der Waals surface area (Å²) in [6.07, 6.45) is 4.83. The number of hydrogen-bond donors (Lipinski definition) is 1. The molecular weight excluding hydrogens is 234 g/mol. The lowest BCUT2D eigenvalue weighted by Crippen LogP contribution is -2.25. The van der Waals surface area contributed by atoms with E-state index in [2.05, 4.69) is 23.3 Å². The highest BCUT2D eigenvalue weighted by molar-refractivity contribution is 6.29. The zero-order chi connectivity index (χ0) is 12.3. The van der Waals surface area contributed by atoms with Crippen molar-refractivity contribution in [1.29, 1.82) is 5.26 Å². The monoisotopic (exact) mass is 249 g/mol. The van der Waals surface area contributed by atoms with E-state index in [0.717, 1.165) is 18.8 Å². The van der Waals surface area contributed by atoms with E-state index in [1.807, 2.05) is 0 Å². The van der Waals surface area contributed by atoms with E-state index in [4.69, 9.17) is 16.9 Å². The van der Waals surface area contributed by atoms with Crippen LogP contribution in [0.4, 0.5) is 5.82 Å². The first-order valence-electron chi connectivity index (χ1n) is 6.01. The van der Waals surface area contributed by atoms with Gasteiger partial charge in [-0.25, -0.2) is 4.98 Å². The number of nitrogens with zero attached hydrogens (tertiary/aromatic N) is 2. The largest absolute Gasteiger partial charge is 0.367 e. The van der Waals surface area contributed by atoms with Crippen molar-refractivity contribution in [3.63, 3.8) is 0 Å². The van der Waals surface area contributed by atoms with Crippen LogP contribution < -0.4 is 5.32 Å². The van der Waals surface area contributed by atoms with Crippen molar-refractivity contribution in [3.05, 3.63) is 22.8 Å². The van der Waals surface area contributed by atoms with Gasteiger partial charge in [0, 0.05) is 6.04 Å².